The Morgan fingerprint density at radius 3 is 2.95 bits per heavy atom. The van der Waals surface area contributed by atoms with Crippen LogP contribution in [-0.2, 0) is 0 Å². The van der Waals surface area contributed by atoms with Crippen molar-refractivity contribution in [1.29, 1.82) is 0 Å². The van der Waals surface area contributed by atoms with E-state index in [0.717, 1.165) is 30.3 Å². The van der Waals surface area contributed by atoms with Crippen LogP contribution in [-0.4, -0.2) is 16.5 Å². The minimum absolute atomic E-state index is 0.718. The molecule has 3 rings (SSSR count). The molecule has 1 N–H and O–H groups in total. The lowest BCUT2D eigenvalue weighted by Crippen LogP contribution is -2.05. The average Bonchev–Trinajstić information content (AvgIpc) is 2.92. The maximum Gasteiger partial charge on any atom is 0.223 e. The minimum Gasteiger partial charge on any atom is -0.354 e. The van der Waals surface area contributed by atoms with Crippen molar-refractivity contribution in [2.24, 2.45) is 0 Å². The molecule has 4 heteroatoms. The van der Waals surface area contributed by atoms with E-state index in [-0.39, 0.29) is 0 Å². The Bertz CT molecular complexity index is 733. The van der Waals surface area contributed by atoms with E-state index in [4.69, 9.17) is 0 Å². The Balaban J connectivity index is 2.09. The van der Waals surface area contributed by atoms with Crippen LogP contribution in [0.5, 0.6) is 0 Å². The molecule has 0 aliphatic heterocycles. The number of hydrogen-bond acceptors (Lipinski definition) is 4. The third-order valence-electron chi connectivity index (χ3n) is 3.14. The molecule has 1 aromatic carbocycles. The van der Waals surface area contributed by atoms with Gasteiger partial charge >= 0.3 is 0 Å². The normalized spacial score (nSPS) is 10.9. The predicted molar refractivity (Wildman–Crippen MR) is 86.4 cm³/mol. The number of aryl methyl sites for hydroxylation is 1. The molecule has 0 saturated heterocycles. The lowest BCUT2D eigenvalue weighted by Gasteiger charge is -2.08. The molecule has 3 aromatic rings. The van der Waals surface area contributed by atoms with Crippen molar-refractivity contribution in [2.75, 3.05) is 11.9 Å². The molecule has 0 aliphatic rings. The van der Waals surface area contributed by atoms with Gasteiger partial charge in [-0.1, -0.05) is 25.1 Å². The van der Waals surface area contributed by atoms with E-state index in [9.17, 15) is 0 Å². The van der Waals surface area contributed by atoms with Gasteiger partial charge in [0, 0.05) is 22.5 Å². The predicted octanol–water partition coefficient (Wildman–Crippen LogP) is 4.49. The van der Waals surface area contributed by atoms with Crippen molar-refractivity contribution in [3.8, 4) is 11.3 Å². The number of fused-ring (bicyclic) bond motifs is 1. The lowest BCUT2D eigenvalue weighted by molar-refractivity contribution is 0.947. The van der Waals surface area contributed by atoms with Crippen molar-refractivity contribution in [3.05, 3.63) is 41.4 Å². The summed E-state index contributed by atoms with van der Waals surface area (Å²) in [6.07, 6.45) is 1.06. The second kappa shape index (κ2) is 5.59. The highest BCUT2D eigenvalue weighted by atomic mass is 32.1. The largest absolute Gasteiger partial charge is 0.354 e. The molecule has 102 valence electrons. The van der Waals surface area contributed by atoms with E-state index in [0.29, 0.717) is 0 Å². The third-order valence-corrected chi connectivity index (χ3v) is 4.11. The number of aromatic nitrogens is 2. The van der Waals surface area contributed by atoms with Crippen molar-refractivity contribution in [2.45, 2.75) is 20.3 Å². The fraction of sp³-hybridized carbons (Fsp3) is 0.250. The van der Waals surface area contributed by atoms with Crippen molar-refractivity contribution in [3.63, 3.8) is 0 Å². The third kappa shape index (κ3) is 2.51. The summed E-state index contributed by atoms with van der Waals surface area (Å²) < 4.78 is 1.28. The summed E-state index contributed by atoms with van der Waals surface area (Å²) in [7, 11) is 0. The van der Waals surface area contributed by atoms with Crippen molar-refractivity contribution < 1.29 is 0 Å². The van der Waals surface area contributed by atoms with Crippen LogP contribution in [0.25, 0.3) is 21.3 Å². The van der Waals surface area contributed by atoms with E-state index in [1.165, 1.54) is 15.6 Å². The van der Waals surface area contributed by atoms with Crippen LogP contribution in [0.2, 0.25) is 0 Å². The van der Waals surface area contributed by atoms with Gasteiger partial charge in [-0.25, -0.2) is 9.97 Å². The smallest absolute Gasteiger partial charge is 0.223 e. The van der Waals surface area contributed by atoms with Gasteiger partial charge in [-0.3, -0.25) is 0 Å². The van der Waals surface area contributed by atoms with E-state index >= 15 is 0 Å². The molecule has 2 heterocycles. The summed E-state index contributed by atoms with van der Waals surface area (Å²) in [5.74, 6) is 0.718. The quantitative estimate of drug-likeness (QED) is 0.766. The van der Waals surface area contributed by atoms with Gasteiger partial charge in [-0.15, -0.1) is 11.3 Å². The van der Waals surface area contributed by atoms with E-state index in [1.807, 2.05) is 13.0 Å². The van der Waals surface area contributed by atoms with Crippen LogP contribution in [0.1, 0.15) is 19.0 Å². The van der Waals surface area contributed by atoms with Gasteiger partial charge in [0.25, 0.3) is 0 Å². The molecule has 0 radical (unpaired) electrons. The van der Waals surface area contributed by atoms with E-state index in [1.54, 1.807) is 11.3 Å². The van der Waals surface area contributed by atoms with Crippen LogP contribution >= 0.6 is 11.3 Å². The first-order chi connectivity index (χ1) is 9.78. The molecule has 3 nitrogen and oxygen atoms in total. The summed E-state index contributed by atoms with van der Waals surface area (Å²) in [5.41, 5.74) is 3.16. The fourth-order valence-corrected chi connectivity index (χ4v) is 3.14. The standard InChI is InChI=1S/C16H17N3S/c1-3-8-17-16-18-11(2)10-14(19-16)13-6-4-5-12-7-9-20-15(12)13/h4-7,9-10H,3,8H2,1-2H3,(H,17,18,19). The fourth-order valence-electron chi connectivity index (χ4n) is 2.22. The van der Waals surface area contributed by atoms with Crippen LogP contribution in [0.3, 0.4) is 0 Å². The second-order valence-corrected chi connectivity index (χ2v) is 5.71. The number of thiophene rings is 1. The highest BCUT2D eigenvalue weighted by Crippen LogP contribution is 2.32. The van der Waals surface area contributed by atoms with Gasteiger partial charge < -0.3 is 5.32 Å². The molecular formula is C16H17N3S. The molecule has 2 aromatic heterocycles. The van der Waals surface area contributed by atoms with Gasteiger partial charge in [-0.05, 0) is 36.2 Å². The van der Waals surface area contributed by atoms with Gasteiger partial charge in [0.2, 0.25) is 5.95 Å². The Morgan fingerprint density at radius 2 is 2.10 bits per heavy atom. The van der Waals surface area contributed by atoms with Crippen LogP contribution in [0.15, 0.2) is 35.7 Å². The first kappa shape index (κ1) is 13.1. The van der Waals surface area contributed by atoms with E-state index < -0.39 is 0 Å². The molecule has 0 bridgehead atoms. The Morgan fingerprint density at radius 1 is 1.20 bits per heavy atom. The zero-order valence-corrected chi connectivity index (χ0v) is 12.5. The first-order valence-electron chi connectivity index (χ1n) is 6.84. The summed E-state index contributed by atoms with van der Waals surface area (Å²) in [5, 5.41) is 6.66. The second-order valence-electron chi connectivity index (χ2n) is 4.79. The highest BCUT2D eigenvalue weighted by molar-refractivity contribution is 7.17. The molecule has 0 atom stereocenters. The maximum absolute atomic E-state index is 4.66. The van der Waals surface area contributed by atoms with Crippen LogP contribution < -0.4 is 5.32 Å². The summed E-state index contributed by atoms with van der Waals surface area (Å²) in [6.45, 7) is 5.04. The van der Waals surface area contributed by atoms with Crippen molar-refractivity contribution >= 4 is 27.4 Å². The molecule has 0 spiro atoms. The minimum atomic E-state index is 0.718. The Hall–Kier alpha value is -1.94. The van der Waals surface area contributed by atoms with Gasteiger partial charge in [-0.2, -0.15) is 0 Å². The van der Waals surface area contributed by atoms with Gasteiger partial charge in [0.1, 0.15) is 0 Å². The van der Waals surface area contributed by atoms with Gasteiger partial charge in [0.15, 0.2) is 0 Å². The SMILES string of the molecule is CCCNc1nc(C)cc(-c2cccc3ccsc23)n1. The Labute approximate surface area is 122 Å². The number of hydrogen-bond donors (Lipinski definition) is 1. The summed E-state index contributed by atoms with van der Waals surface area (Å²) in [6, 6.07) is 10.5. The van der Waals surface area contributed by atoms with E-state index in [2.05, 4.69) is 51.9 Å². The lowest BCUT2D eigenvalue weighted by atomic mass is 10.1. The maximum atomic E-state index is 4.66. The number of anilines is 1. The molecule has 0 saturated carbocycles. The topological polar surface area (TPSA) is 37.8 Å². The molecule has 20 heavy (non-hydrogen) atoms. The molecule has 0 amide bonds. The zero-order valence-electron chi connectivity index (χ0n) is 11.7. The van der Waals surface area contributed by atoms with Crippen molar-refractivity contribution in [1.82, 2.24) is 9.97 Å². The molecular weight excluding hydrogens is 266 g/mol. The van der Waals surface area contributed by atoms with Crippen LogP contribution in [0, 0.1) is 6.92 Å². The molecule has 0 aliphatic carbocycles. The Kier molecular flexibility index (Phi) is 3.65. The molecule has 0 unspecified atom stereocenters. The van der Waals surface area contributed by atoms with Crippen LogP contribution in [0.4, 0.5) is 5.95 Å². The number of nitrogens with zero attached hydrogens (tertiary/aromatic N) is 2. The summed E-state index contributed by atoms with van der Waals surface area (Å²) in [4.78, 5) is 9.10. The summed E-state index contributed by atoms with van der Waals surface area (Å²) >= 11 is 1.76. The van der Waals surface area contributed by atoms with Gasteiger partial charge in [0.05, 0.1) is 5.69 Å². The highest BCUT2D eigenvalue weighted by Gasteiger charge is 2.08. The molecule has 0 fully saturated rings. The number of rotatable bonds is 4. The number of benzene rings is 1. The number of nitrogens with one attached hydrogen (secondary N) is 1. The average molecular weight is 283 g/mol. The first-order valence-corrected chi connectivity index (χ1v) is 7.72. The zero-order chi connectivity index (χ0) is 13.9. The monoisotopic (exact) mass is 283 g/mol.